The van der Waals surface area contributed by atoms with Crippen molar-refractivity contribution in [2.45, 2.75) is 77.3 Å². The van der Waals surface area contributed by atoms with Crippen molar-refractivity contribution in [3.63, 3.8) is 0 Å². The van der Waals surface area contributed by atoms with Gasteiger partial charge in [-0.05, 0) is 62.1 Å². The monoisotopic (exact) mass is 527 g/mol. The van der Waals surface area contributed by atoms with Crippen molar-refractivity contribution >= 4 is 15.7 Å². The molecule has 200 valence electrons. The summed E-state index contributed by atoms with van der Waals surface area (Å²) in [6.07, 6.45) is 4.47. The molecule has 36 heavy (non-hydrogen) atoms. The van der Waals surface area contributed by atoms with Crippen LogP contribution in [-0.4, -0.2) is 59.2 Å². The number of imidazole rings is 1. The van der Waals surface area contributed by atoms with Crippen molar-refractivity contribution in [3.8, 4) is 11.4 Å². The molecule has 2 N–H and O–H groups in total. The van der Waals surface area contributed by atoms with Gasteiger partial charge in [0, 0.05) is 19.0 Å². The van der Waals surface area contributed by atoms with Crippen molar-refractivity contribution in [1.29, 1.82) is 0 Å². The number of hydrogen-bond acceptors (Lipinski definition) is 6. The van der Waals surface area contributed by atoms with Gasteiger partial charge < -0.3 is 15.2 Å². The number of nitrogens with zero attached hydrogens (tertiary/aromatic N) is 2. The SMILES string of the molecule is Cc1nc(C(=O)NCC2(O)CCC(S(C)(=O)=O)CC2)cn1-c1ccc(CC(C)(C)C)cc1OC(F)F. The largest absolute Gasteiger partial charge is 0.433 e. The highest BCUT2D eigenvalue weighted by molar-refractivity contribution is 7.91. The van der Waals surface area contributed by atoms with Crippen molar-refractivity contribution in [2.75, 3.05) is 12.8 Å². The van der Waals surface area contributed by atoms with Crippen LogP contribution in [0.25, 0.3) is 5.69 Å². The standard InChI is InChI=1S/C25H35F2N3O5S/c1-16-29-19(22(31)28-15-25(32)10-8-18(9-11-25)36(5,33)34)14-30(16)20-7-6-17(13-24(2,3)4)12-21(20)35-23(26)27/h6-7,12,14,18,23,32H,8-11,13,15H2,1-5H3,(H,28,31). The number of aromatic nitrogens is 2. The molecule has 0 bridgehead atoms. The number of rotatable bonds is 8. The Morgan fingerprint density at radius 2 is 1.94 bits per heavy atom. The number of aryl methyl sites for hydroxylation is 1. The minimum atomic E-state index is -3.17. The molecule has 1 aromatic carbocycles. The van der Waals surface area contributed by atoms with Crippen LogP contribution < -0.4 is 10.1 Å². The third-order valence-electron chi connectivity index (χ3n) is 6.40. The van der Waals surface area contributed by atoms with Gasteiger partial charge in [0.15, 0.2) is 0 Å². The molecule has 8 nitrogen and oxygen atoms in total. The average Bonchev–Trinajstić information content (AvgIpc) is 3.12. The van der Waals surface area contributed by atoms with E-state index >= 15 is 0 Å². The topological polar surface area (TPSA) is 111 Å². The fourth-order valence-electron chi connectivity index (χ4n) is 4.57. The molecular formula is C25H35F2N3O5S. The first-order valence-corrected chi connectivity index (χ1v) is 13.9. The highest BCUT2D eigenvalue weighted by atomic mass is 32.2. The quantitative estimate of drug-likeness (QED) is 0.540. The molecule has 1 heterocycles. The minimum Gasteiger partial charge on any atom is -0.433 e. The summed E-state index contributed by atoms with van der Waals surface area (Å²) in [4.78, 5) is 17.0. The Kier molecular flexibility index (Phi) is 8.14. The highest BCUT2D eigenvalue weighted by Gasteiger charge is 2.37. The fraction of sp³-hybridized carbons (Fsp3) is 0.600. The number of halogens is 2. The Hall–Kier alpha value is -2.53. The third-order valence-corrected chi connectivity index (χ3v) is 8.08. The van der Waals surface area contributed by atoms with Gasteiger partial charge in [-0.25, -0.2) is 13.4 Å². The summed E-state index contributed by atoms with van der Waals surface area (Å²) in [6.45, 7) is 4.73. The summed E-state index contributed by atoms with van der Waals surface area (Å²) in [6, 6.07) is 5.08. The Balaban J connectivity index is 1.75. The molecule has 1 amide bonds. The number of alkyl halides is 2. The number of nitrogens with one attached hydrogen (secondary N) is 1. The predicted molar refractivity (Wildman–Crippen MR) is 132 cm³/mol. The van der Waals surface area contributed by atoms with Gasteiger partial charge in [0.05, 0.1) is 16.5 Å². The lowest BCUT2D eigenvalue weighted by Crippen LogP contribution is -2.47. The van der Waals surface area contributed by atoms with E-state index in [4.69, 9.17) is 4.74 Å². The van der Waals surface area contributed by atoms with Crippen molar-refractivity contribution in [3.05, 3.63) is 41.5 Å². The second kappa shape index (κ2) is 10.5. The van der Waals surface area contributed by atoms with Crippen molar-refractivity contribution in [2.24, 2.45) is 5.41 Å². The molecule has 0 unspecified atom stereocenters. The maximum absolute atomic E-state index is 13.2. The molecule has 1 fully saturated rings. The molecule has 1 saturated carbocycles. The predicted octanol–water partition coefficient (Wildman–Crippen LogP) is 3.82. The molecule has 3 rings (SSSR count). The van der Waals surface area contributed by atoms with E-state index in [-0.39, 0.29) is 36.2 Å². The van der Waals surface area contributed by atoms with Crippen LogP contribution in [0.2, 0.25) is 0 Å². The number of benzene rings is 1. The van der Waals surface area contributed by atoms with Crippen LogP contribution in [0.15, 0.2) is 24.4 Å². The third kappa shape index (κ3) is 7.25. The number of sulfone groups is 1. The maximum Gasteiger partial charge on any atom is 0.387 e. The lowest BCUT2D eigenvalue weighted by molar-refractivity contribution is -0.0499. The van der Waals surface area contributed by atoms with Crippen LogP contribution in [-0.2, 0) is 16.3 Å². The van der Waals surface area contributed by atoms with Crippen molar-refractivity contribution < 1.29 is 31.8 Å². The molecule has 1 aromatic heterocycles. The fourth-order valence-corrected chi connectivity index (χ4v) is 5.66. The Morgan fingerprint density at radius 3 is 2.50 bits per heavy atom. The second-order valence-corrected chi connectivity index (χ2v) is 13.2. The second-order valence-electron chi connectivity index (χ2n) is 10.9. The number of hydrogen-bond donors (Lipinski definition) is 2. The van der Waals surface area contributed by atoms with Crippen LogP contribution in [0, 0.1) is 12.3 Å². The molecule has 2 aromatic rings. The van der Waals surface area contributed by atoms with E-state index in [1.807, 2.05) is 26.8 Å². The van der Waals surface area contributed by atoms with Crippen LogP contribution in [0.1, 0.15) is 68.3 Å². The molecule has 0 atom stereocenters. The number of carbonyl (C=O) groups excluding carboxylic acids is 1. The van der Waals surface area contributed by atoms with Crippen LogP contribution in [0.4, 0.5) is 8.78 Å². The summed E-state index contributed by atoms with van der Waals surface area (Å²) >= 11 is 0. The summed E-state index contributed by atoms with van der Waals surface area (Å²) in [5.74, 6) is -0.150. The zero-order chi connectivity index (χ0) is 26.9. The first-order chi connectivity index (χ1) is 16.6. The van der Waals surface area contributed by atoms with E-state index in [2.05, 4.69) is 10.3 Å². The normalized spacial score (nSPS) is 21.0. The lowest BCUT2D eigenvalue weighted by atomic mass is 9.84. The van der Waals surface area contributed by atoms with Crippen LogP contribution >= 0.6 is 0 Å². The van der Waals surface area contributed by atoms with E-state index < -0.39 is 33.2 Å². The Morgan fingerprint density at radius 1 is 1.31 bits per heavy atom. The molecule has 0 aliphatic heterocycles. The summed E-state index contributed by atoms with van der Waals surface area (Å²) < 4.78 is 56.1. The van der Waals surface area contributed by atoms with Gasteiger partial charge in [-0.3, -0.25) is 9.36 Å². The van der Waals surface area contributed by atoms with Gasteiger partial charge in [0.1, 0.15) is 27.1 Å². The van der Waals surface area contributed by atoms with Crippen LogP contribution in [0.5, 0.6) is 5.75 Å². The summed E-state index contributed by atoms with van der Waals surface area (Å²) in [5.41, 5.74) is -0.0160. The van der Waals surface area contributed by atoms with E-state index in [9.17, 15) is 27.1 Å². The first kappa shape index (κ1) is 28.0. The molecular weight excluding hydrogens is 492 g/mol. The van der Waals surface area contributed by atoms with Crippen molar-refractivity contribution in [1.82, 2.24) is 14.9 Å². The van der Waals surface area contributed by atoms with Gasteiger partial charge in [-0.15, -0.1) is 0 Å². The highest BCUT2D eigenvalue weighted by Crippen LogP contribution is 2.32. The average molecular weight is 528 g/mol. The first-order valence-electron chi connectivity index (χ1n) is 11.9. The molecule has 0 saturated heterocycles. The number of amides is 1. The van der Waals surface area contributed by atoms with Gasteiger partial charge >= 0.3 is 6.61 Å². The summed E-state index contributed by atoms with van der Waals surface area (Å²) in [7, 11) is -3.17. The minimum absolute atomic E-state index is 0.0174. The number of ether oxygens (including phenoxy) is 1. The smallest absolute Gasteiger partial charge is 0.387 e. The molecule has 0 radical (unpaired) electrons. The zero-order valence-electron chi connectivity index (χ0n) is 21.3. The van der Waals surface area contributed by atoms with Gasteiger partial charge in [-0.1, -0.05) is 26.8 Å². The van der Waals surface area contributed by atoms with Gasteiger partial charge in [-0.2, -0.15) is 8.78 Å². The number of aliphatic hydroxyl groups is 1. The Labute approximate surface area is 211 Å². The van der Waals surface area contributed by atoms with E-state index in [1.165, 1.54) is 17.0 Å². The zero-order valence-corrected chi connectivity index (χ0v) is 22.2. The molecule has 11 heteroatoms. The van der Waals surface area contributed by atoms with Gasteiger partial charge in [0.2, 0.25) is 0 Å². The summed E-state index contributed by atoms with van der Waals surface area (Å²) in [5, 5.41) is 13.0. The van der Waals surface area contributed by atoms with Gasteiger partial charge in [0.25, 0.3) is 5.91 Å². The lowest BCUT2D eigenvalue weighted by Gasteiger charge is -2.35. The molecule has 0 spiro atoms. The van der Waals surface area contributed by atoms with E-state index in [1.54, 1.807) is 19.1 Å². The maximum atomic E-state index is 13.2. The van der Waals surface area contributed by atoms with E-state index in [0.717, 1.165) is 5.56 Å². The van der Waals surface area contributed by atoms with Crippen LogP contribution in [0.3, 0.4) is 0 Å². The molecule has 1 aliphatic carbocycles. The van der Waals surface area contributed by atoms with E-state index in [0.29, 0.717) is 30.8 Å². The number of carbonyl (C=O) groups is 1. The molecule has 1 aliphatic rings. The Bertz CT molecular complexity index is 1200.